The van der Waals surface area contributed by atoms with E-state index < -0.39 is 6.43 Å². The molecule has 18 heavy (non-hydrogen) atoms. The highest BCUT2D eigenvalue weighted by molar-refractivity contribution is 5.95. The lowest BCUT2D eigenvalue weighted by molar-refractivity contribution is 0.153. The average molecular weight is 244 g/mol. The van der Waals surface area contributed by atoms with Gasteiger partial charge in [-0.05, 0) is 6.07 Å². The Hall–Kier alpha value is -2.23. The van der Waals surface area contributed by atoms with Crippen LogP contribution in [0.5, 0.6) is 0 Å². The van der Waals surface area contributed by atoms with Crippen LogP contribution >= 0.6 is 0 Å². The van der Waals surface area contributed by atoms with E-state index in [1.165, 1.54) is 6.07 Å². The largest absolute Gasteiger partial charge is 0.277 e. The van der Waals surface area contributed by atoms with Crippen molar-refractivity contribution in [3.8, 4) is 11.3 Å². The molecule has 2 nitrogen and oxygen atoms in total. The molecule has 0 saturated carbocycles. The van der Waals surface area contributed by atoms with Crippen LogP contribution in [0.15, 0.2) is 48.5 Å². The summed E-state index contributed by atoms with van der Waals surface area (Å²) in [6.07, 6.45) is -2.51. The second-order valence-corrected chi connectivity index (χ2v) is 4.01. The summed E-state index contributed by atoms with van der Waals surface area (Å²) in [4.78, 5) is 0. The zero-order chi connectivity index (χ0) is 12.5. The van der Waals surface area contributed by atoms with Crippen molar-refractivity contribution in [2.45, 2.75) is 6.43 Å². The summed E-state index contributed by atoms with van der Waals surface area (Å²) in [5.74, 6) is 0. The van der Waals surface area contributed by atoms with Crippen molar-refractivity contribution in [2.75, 3.05) is 0 Å². The fourth-order valence-corrected chi connectivity index (χ4v) is 2.09. The highest BCUT2D eigenvalue weighted by Gasteiger charge is 2.17. The first-order valence-electron chi connectivity index (χ1n) is 5.58. The molecule has 1 N–H and O–H groups in total. The monoisotopic (exact) mass is 244 g/mol. The van der Waals surface area contributed by atoms with Crippen LogP contribution in [-0.2, 0) is 0 Å². The second kappa shape index (κ2) is 4.22. The van der Waals surface area contributed by atoms with Crippen molar-refractivity contribution in [1.82, 2.24) is 10.2 Å². The van der Waals surface area contributed by atoms with Crippen molar-refractivity contribution >= 4 is 10.9 Å². The molecule has 3 rings (SSSR count). The molecule has 0 aliphatic rings. The first kappa shape index (κ1) is 10.9. The number of aromatic nitrogens is 2. The zero-order valence-electron chi connectivity index (χ0n) is 9.40. The number of hydrogen-bond donors (Lipinski definition) is 1. The van der Waals surface area contributed by atoms with Gasteiger partial charge in [0.2, 0.25) is 0 Å². The number of nitrogens with zero attached hydrogens (tertiary/aromatic N) is 1. The Kier molecular flexibility index (Phi) is 2.55. The Balaban J connectivity index is 2.31. The van der Waals surface area contributed by atoms with Crippen molar-refractivity contribution in [3.05, 3.63) is 54.1 Å². The molecule has 0 atom stereocenters. The lowest BCUT2D eigenvalue weighted by Gasteiger charge is -2.03. The van der Waals surface area contributed by atoms with Crippen molar-refractivity contribution in [2.24, 2.45) is 0 Å². The van der Waals surface area contributed by atoms with E-state index in [4.69, 9.17) is 0 Å². The maximum atomic E-state index is 13.0. The van der Waals surface area contributed by atoms with Crippen molar-refractivity contribution < 1.29 is 8.78 Å². The van der Waals surface area contributed by atoms with Crippen molar-refractivity contribution in [3.63, 3.8) is 0 Å². The lowest BCUT2D eigenvalue weighted by atomic mass is 10.0. The van der Waals surface area contributed by atoms with Gasteiger partial charge in [-0.25, -0.2) is 8.78 Å². The fraction of sp³-hybridized carbons (Fsp3) is 0.0714. The molecular weight excluding hydrogens is 234 g/mol. The first-order chi connectivity index (χ1) is 8.77. The molecular formula is C14H10F2N2. The Morgan fingerprint density at radius 1 is 0.944 bits per heavy atom. The Bertz CT molecular complexity index is 675. The molecule has 90 valence electrons. The molecule has 0 aliphatic carbocycles. The Morgan fingerprint density at radius 2 is 1.72 bits per heavy atom. The molecule has 0 aliphatic heterocycles. The van der Waals surface area contributed by atoms with Crippen LogP contribution < -0.4 is 0 Å². The van der Waals surface area contributed by atoms with E-state index in [1.807, 2.05) is 30.3 Å². The van der Waals surface area contributed by atoms with Gasteiger partial charge >= 0.3 is 0 Å². The first-order valence-corrected chi connectivity index (χ1v) is 5.58. The number of H-pyrrole nitrogens is 1. The number of rotatable bonds is 2. The third-order valence-electron chi connectivity index (χ3n) is 2.90. The van der Waals surface area contributed by atoms with Gasteiger partial charge in [-0.2, -0.15) is 5.10 Å². The molecule has 0 bridgehead atoms. The maximum absolute atomic E-state index is 13.0. The van der Waals surface area contributed by atoms with E-state index >= 15 is 0 Å². The quantitative estimate of drug-likeness (QED) is 0.720. The number of halogens is 2. The van der Waals surface area contributed by atoms with Crippen LogP contribution in [0.3, 0.4) is 0 Å². The van der Waals surface area contributed by atoms with Gasteiger partial charge < -0.3 is 0 Å². The van der Waals surface area contributed by atoms with Crippen molar-refractivity contribution in [1.29, 1.82) is 0 Å². The van der Waals surface area contributed by atoms with Crippen LogP contribution in [0, 0.1) is 0 Å². The molecule has 0 amide bonds. The SMILES string of the molecule is FC(F)c1cccc2[nH]nc(-c3ccccc3)c12. The number of hydrogen-bond acceptors (Lipinski definition) is 1. The van der Waals surface area contributed by atoms with E-state index in [2.05, 4.69) is 10.2 Å². The molecule has 0 fully saturated rings. The molecule has 0 saturated heterocycles. The lowest BCUT2D eigenvalue weighted by Crippen LogP contribution is -1.87. The van der Waals surface area contributed by atoms with E-state index in [1.54, 1.807) is 12.1 Å². The second-order valence-electron chi connectivity index (χ2n) is 4.01. The van der Waals surface area contributed by atoms with Gasteiger partial charge in [-0.3, -0.25) is 5.10 Å². The van der Waals surface area contributed by atoms with Crippen LogP contribution in [0.25, 0.3) is 22.2 Å². The van der Waals surface area contributed by atoms with Gasteiger partial charge in [-0.1, -0.05) is 42.5 Å². The van der Waals surface area contributed by atoms with E-state index in [0.717, 1.165) is 5.56 Å². The number of fused-ring (bicyclic) bond motifs is 1. The zero-order valence-corrected chi connectivity index (χ0v) is 9.40. The number of nitrogens with one attached hydrogen (secondary N) is 1. The number of benzene rings is 2. The highest BCUT2D eigenvalue weighted by Crippen LogP contribution is 2.33. The summed E-state index contributed by atoms with van der Waals surface area (Å²) < 4.78 is 26.1. The fourth-order valence-electron chi connectivity index (χ4n) is 2.09. The van der Waals surface area contributed by atoms with Crippen LogP contribution in [0.2, 0.25) is 0 Å². The third kappa shape index (κ3) is 1.66. The third-order valence-corrected chi connectivity index (χ3v) is 2.90. The Morgan fingerprint density at radius 3 is 2.44 bits per heavy atom. The highest BCUT2D eigenvalue weighted by atomic mass is 19.3. The maximum Gasteiger partial charge on any atom is 0.264 e. The Labute approximate surface area is 102 Å². The average Bonchev–Trinajstić information content (AvgIpc) is 2.83. The molecule has 1 aromatic heterocycles. The minimum absolute atomic E-state index is 0.0140. The summed E-state index contributed by atoms with van der Waals surface area (Å²) >= 11 is 0. The molecule has 3 aromatic rings. The number of aromatic amines is 1. The summed E-state index contributed by atoms with van der Waals surface area (Å²) in [6, 6.07) is 14.1. The van der Waals surface area contributed by atoms with Gasteiger partial charge in [0.05, 0.1) is 5.52 Å². The standard InChI is InChI=1S/C14H10F2N2/c15-14(16)10-7-4-8-11-12(10)13(18-17-11)9-5-2-1-3-6-9/h1-8,14H,(H,17,18). The van der Waals surface area contributed by atoms with Gasteiger partial charge in [-0.15, -0.1) is 0 Å². The topological polar surface area (TPSA) is 28.7 Å². The normalized spacial score (nSPS) is 11.3. The number of alkyl halides is 2. The molecule has 0 unspecified atom stereocenters. The summed E-state index contributed by atoms with van der Waals surface area (Å²) in [6.45, 7) is 0. The van der Waals surface area contributed by atoms with E-state index in [0.29, 0.717) is 16.6 Å². The van der Waals surface area contributed by atoms with E-state index in [9.17, 15) is 8.78 Å². The van der Waals surface area contributed by atoms with Gasteiger partial charge in [0.15, 0.2) is 0 Å². The molecule has 1 heterocycles. The van der Waals surface area contributed by atoms with Gasteiger partial charge in [0, 0.05) is 16.5 Å². The van der Waals surface area contributed by atoms with E-state index in [-0.39, 0.29) is 5.56 Å². The van der Waals surface area contributed by atoms with Crippen LogP contribution in [0.1, 0.15) is 12.0 Å². The smallest absolute Gasteiger partial charge is 0.264 e. The summed E-state index contributed by atoms with van der Waals surface area (Å²) in [7, 11) is 0. The predicted molar refractivity (Wildman–Crippen MR) is 66.5 cm³/mol. The molecule has 0 spiro atoms. The van der Waals surface area contributed by atoms with Gasteiger partial charge in [0.25, 0.3) is 6.43 Å². The molecule has 4 heteroatoms. The molecule has 0 radical (unpaired) electrons. The summed E-state index contributed by atoms with van der Waals surface area (Å²) in [5.41, 5.74) is 2.05. The summed E-state index contributed by atoms with van der Waals surface area (Å²) in [5, 5.41) is 7.45. The molecule has 2 aromatic carbocycles. The van der Waals surface area contributed by atoms with Crippen LogP contribution in [-0.4, -0.2) is 10.2 Å². The minimum atomic E-state index is -2.51. The minimum Gasteiger partial charge on any atom is -0.277 e. The van der Waals surface area contributed by atoms with Crippen LogP contribution in [0.4, 0.5) is 8.78 Å². The predicted octanol–water partition coefficient (Wildman–Crippen LogP) is 4.17. The van der Waals surface area contributed by atoms with Gasteiger partial charge in [0.1, 0.15) is 5.69 Å².